The van der Waals surface area contributed by atoms with E-state index in [0.29, 0.717) is 11.4 Å². The van der Waals surface area contributed by atoms with Crippen LogP contribution >= 0.6 is 0 Å². The van der Waals surface area contributed by atoms with Gasteiger partial charge in [-0.15, -0.1) is 0 Å². The molecule has 0 spiro atoms. The van der Waals surface area contributed by atoms with Crippen LogP contribution in [0.2, 0.25) is 0 Å². The number of amidine groups is 1. The number of nitrogens with zero attached hydrogens (tertiary/aromatic N) is 1. The van der Waals surface area contributed by atoms with Gasteiger partial charge in [0.2, 0.25) is 5.91 Å². The van der Waals surface area contributed by atoms with Gasteiger partial charge in [-0.2, -0.15) is 13.2 Å². The van der Waals surface area contributed by atoms with Crippen molar-refractivity contribution < 1.29 is 18.0 Å². The van der Waals surface area contributed by atoms with Crippen LogP contribution in [-0.2, 0) is 11.0 Å². The largest absolute Gasteiger partial charge is 0.416 e. The molecule has 0 radical (unpaired) electrons. The number of rotatable bonds is 2. The molecule has 0 aromatic heterocycles. The molecule has 4 bridgehead atoms. The Morgan fingerprint density at radius 2 is 1.58 bits per heavy atom. The lowest BCUT2D eigenvalue weighted by molar-refractivity contribution is -0.137. The van der Waals surface area contributed by atoms with Crippen LogP contribution in [0, 0.1) is 35.0 Å². The smallest absolute Gasteiger partial charge is 0.310 e. The predicted molar refractivity (Wildman–Crippen MR) is 111 cm³/mol. The highest BCUT2D eigenvalue weighted by Gasteiger charge is 2.59. The molecule has 4 fully saturated rings. The van der Waals surface area contributed by atoms with Crippen molar-refractivity contribution in [3.05, 3.63) is 47.0 Å². The van der Waals surface area contributed by atoms with Crippen LogP contribution < -0.4 is 5.32 Å². The zero-order valence-corrected chi connectivity index (χ0v) is 17.6. The Labute approximate surface area is 180 Å². The number of halogens is 3. The normalized spacial score (nSPS) is 41.0. The molecule has 0 saturated heterocycles. The van der Waals surface area contributed by atoms with E-state index in [9.17, 15) is 18.0 Å². The van der Waals surface area contributed by atoms with Gasteiger partial charge in [0.1, 0.15) is 5.84 Å². The van der Waals surface area contributed by atoms with Crippen LogP contribution in [0.25, 0.3) is 0 Å². The lowest BCUT2D eigenvalue weighted by Crippen LogP contribution is -2.54. The van der Waals surface area contributed by atoms with Crippen LogP contribution in [0.15, 0.2) is 40.9 Å². The second-order valence-electron chi connectivity index (χ2n) is 10.7. The van der Waals surface area contributed by atoms with Gasteiger partial charge in [0.05, 0.1) is 17.5 Å². The molecule has 1 aliphatic heterocycles. The number of amides is 1. The Bertz CT molecular complexity index is 956. The molecule has 5 aliphatic carbocycles. The first-order valence-electron chi connectivity index (χ1n) is 11.5. The summed E-state index contributed by atoms with van der Waals surface area (Å²) in [5.41, 5.74) is 1.36. The van der Waals surface area contributed by atoms with Crippen molar-refractivity contribution >= 4 is 11.7 Å². The maximum atomic E-state index is 13.0. The molecule has 6 aliphatic rings. The average molecular weight is 428 g/mol. The lowest BCUT2D eigenvalue weighted by atomic mass is 9.45. The SMILES string of the molecule is CC1=CC2C(=O)NC(c3ccc(C(F)(F)F)cc3)=NC2C1C12CC3CC(CC(C3)C1)C2. The van der Waals surface area contributed by atoms with E-state index >= 15 is 0 Å². The van der Waals surface area contributed by atoms with Crippen molar-refractivity contribution in [2.45, 2.75) is 57.7 Å². The summed E-state index contributed by atoms with van der Waals surface area (Å²) in [6, 6.07) is 4.81. The molecule has 1 aromatic rings. The Morgan fingerprint density at radius 1 is 1.00 bits per heavy atom. The number of aliphatic imine (C=N–C) groups is 1. The van der Waals surface area contributed by atoms with Gasteiger partial charge in [-0.3, -0.25) is 9.79 Å². The third-order valence-electron chi connectivity index (χ3n) is 8.70. The monoisotopic (exact) mass is 428 g/mol. The third-order valence-corrected chi connectivity index (χ3v) is 8.70. The average Bonchev–Trinajstić information content (AvgIpc) is 3.03. The summed E-state index contributed by atoms with van der Waals surface area (Å²) in [5.74, 6) is 2.77. The Kier molecular flexibility index (Phi) is 4.07. The Hall–Kier alpha value is -2.11. The molecule has 4 saturated carbocycles. The predicted octanol–water partition coefficient (Wildman–Crippen LogP) is 5.36. The summed E-state index contributed by atoms with van der Waals surface area (Å²) in [6.45, 7) is 2.15. The lowest BCUT2D eigenvalue weighted by Gasteiger charge is -2.60. The standard InChI is InChI=1S/C25H27F3N2O/c1-13-6-19-21(20(13)24-10-14-7-15(11-24)9-16(8-14)12-24)29-22(30-23(19)31)17-2-4-18(5-3-17)25(26,27)28/h2-6,14-16,19-21H,7-12H2,1H3,(H,29,30,31). The molecule has 3 unspecified atom stereocenters. The minimum absolute atomic E-state index is 0.0820. The number of carbonyl (C=O) groups is 1. The number of carbonyl (C=O) groups excluding carboxylic acids is 1. The van der Waals surface area contributed by atoms with Crippen LogP contribution in [0.3, 0.4) is 0 Å². The Morgan fingerprint density at radius 3 is 2.13 bits per heavy atom. The van der Waals surface area contributed by atoms with Crippen molar-refractivity contribution in [1.29, 1.82) is 0 Å². The van der Waals surface area contributed by atoms with E-state index in [2.05, 4.69) is 18.3 Å². The summed E-state index contributed by atoms with van der Waals surface area (Å²) in [4.78, 5) is 18.0. The molecule has 7 rings (SSSR count). The van der Waals surface area contributed by atoms with Gasteiger partial charge in [0.25, 0.3) is 0 Å². The van der Waals surface area contributed by atoms with E-state index < -0.39 is 11.7 Å². The number of fused-ring (bicyclic) bond motifs is 1. The van der Waals surface area contributed by atoms with Crippen molar-refractivity contribution in [3.8, 4) is 0 Å². The summed E-state index contributed by atoms with van der Waals surface area (Å²) >= 11 is 0. The maximum absolute atomic E-state index is 13.0. The van der Waals surface area contributed by atoms with Gasteiger partial charge in [-0.05, 0) is 80.8 Å². The van der Waals surface area contributed by atoms with Gasteiger partial charge in [0.15, 0.2) is 0 Å². The third kappa shape index (κ3) is 3.00. The van der Waals surface area contributed by atoms with Crippen LogP contribution in [0.5, 0.6) is 0 Å². The molecule has 1 aromatic carbocycles. The molecule has 6 heteroatoms. The highest BCUT2D eigenvalue weighted by Crippen LogP contribution is 2.66. The zero-order chi connectivity index (χ0) is 21.5. The van der Waals surface area contributed by atoms with Crippen LogP contribution in [0.4, 0.5) is 13.2 Å². The van der Waals surface area contributed by atoms with E-state index in [1.54, 1.807) is 0 Å². The van der Waals surface area contributed by atoms with E-state index in [0.717, 1.165) is 29.9 Å². The van der Waals surface area contributed by atoms with Crippen molar-refractivity contribution in [1.82, 2.24) is 5.32 Å². The Balaban J connectivity index is 1.36. The van der Waals surface area contributed by atoms with Gasteiger partial charge >= 0.3 is 6.18 Å². The first-order chi connectivity index (χ1) is 14.7. The minimum Gasteiger partial charge on any atom is -0.310 e. The molecular formula is C25H27F3N2O. The molecule has 31 heavy (non-hydrogen) atoms. The second-order valence-corrected chi connectivity index (χ2v) is 10.7. The number of alkyl halides is 3. The zero-order valence-electron chi connectivity index (χ0n) is 17.6. The van der Waals surface area contributed by atoms with Crippen molar-refractivity contribution in [2.24, 2.45) is 40.0 Å². The van der Waals surface area contributed by atoms with E-state index in [-0.39, 0.29) is 29.2 Å². The quantitative estimate of drug-likeness (QED) is 0.633. The summed E-state index contributed by atoms with van der Waals surface area (Å²) in [5, 5.41) is 2.86. The number of nitrogens with one attached hydrogen (secondary N) is 1. The molecule has 3 atom stereocenters. The number of hydrogen-bond donors (Lipinski definition) is 1. The molecule has 1 N–H and O–H groups in total. The molecule has 1 heterocycles. The topological polar surface area (TPSA) is 41.5 Å². The van der Waals surface area contributed by atoms with E-state index in [4.69, 9.17) is 4.99 Å². The molecule has 1 amide bonds. The summed E-state index contributed by atoms with van der Waals surface area (Å²) < 4.78 is 38.8. The van der Waals surface area contributed by atoms with Gasteiger partial charge in [0, 0.05) is 11.5 Å². The van der Waals surface area contributed by atoms with Crippen molar-refractivity contribution in [3.63, 3.8) is 0 Å². The molecule has 3 nitrogen and oxygen atoms in total. The highest BCUT2D eigenvalue weighted by atomic mass is 19.4. The second kappa shape index (κ2) is 6.46. The highest BCUT2D eigenvalue weighted by molar-refractivity contribution is 6.10. The van der Waals surface area contributed by atoms with Gasteiger partial charge in [-0.1, -0.05) is 23.8 Å². The molecular weight excluding hydrogens is 401 g/mol. The van der Waals surface area contributed by atoms with E-state index in [1.165, 1.54) is 56.2 Å². The summed E-state index contributed by atoms with van der Waals surface area (Å²) in [6.07, 6.45) is 5.55. The summed E-state index contributed by atoms with van der Waals surface area (Å²) in [7, 11) is 0. The van der Waals surface area contributed by atoms with Gasteiger partial charge < -0.3 is 5.32 Å². The number of hydrogen-bond acceptors (Lipinski definition) is 2. The number of benzene rings is 1. The van der Waals surface area contributed by atoms with Crippen LogP contribution in [0.1, 0.15) is 56.6 Å². The fraction of sp³-hybridized carbons (Fsp3) is 0.600. The first-order valence-corrected chi connectivity index (χ1v) is 11.5. The fourth-order valence-corrected chi connectivity index (χ4v) is 8.10. The fourth-order valence-electron chi connectivity index (χ4n) is 8.10. The maximum Gasteiger partial charge on any atom is 0.416 e. The minimum atomic E-state index is -4.38. The van der Waals surface area contributed by atoms with Gasteiger partial charge in [-0.25, -0.2) is 0 Å². The van der Waals surface area contributed by atoms with Crippen LogP contribution in [-0.4, -0.2) is 17.8 Å². The van der Waals surface area contributed by atoms with Crippen molar-refractivity contribution in [2.75, 3.05) is 0 Å². The van der Waals surface area contributed by atoms with E-state index in [1.807, 2.05) is 0 Å². The molecule has 164 valence electrons. The first kappa shape index (κ1) is 19.6.